The average molecular weight is 254 g/mol. The molecule has 96 valence electrons. The summed E-state index contributed by atoms with van der Waals surface area (Å²) in [5.74, 6) is 0. The van der Waals surface area contributed by atoms with Crippen LogP contribution < -0.4 is 5.73 Å². The third kappa shape index (κ3) is 2.69. The quantitative estimate of drug-likeness (QED) is 0.841. The summed E-state index contributed by atoms with van der Waals surface area (Å²) < 4.78 is 5.84. The zero-order chi connectivity index (χ0) is 12.3. The summed E-state index contributed by atoms with van der Waals surface area (Å²) in [6.45, 7) is 1.98. The van der Waals surface area contributed by atoms with Gasteiger partial charge in [0.15, 0.2) is 0 Å². The van der Waals surface area contributed by atoms with Crippen LogP contribution in [-0.2, 0) is 10.3 Å². The fourth-order valence-electron chi connectivity index (χ4n) is 2.51. The summed E-state index contributed by atoms with van der Waals surface area (Å²) in [6, 6.07) is 0.0136. The van der Waals surface area contributed by atoms with Crippen molar-refractivity contribution in [1.29, 1.82) is 0 Å². The van der Waals surface area contributed by atoms with Crippen molar-refractivity contribution in [1.82, 2.24) is 4.98 Å². The first-order valence-corrected chi connectivity index (χ1v) is 7.32. The minimum Gasteiger partial charge on any atom is -0.371 e. The lowest BCUT2D eigenvalue weighted by molar-refractivity contribution is -0.0280. The van der Waals surface area contributed by atoms with Crippen LogP contribution in [-0.4, -0.2) is 12.1 Å². The standard InChI is InChI=1S/C13H22N2OS/c1-10(14)11-9-17-12(15-11)13(16-2)7-5-3-4-6-8-13/h9-10H,3-8,14H2,1-2H3. The Hall–Kier alpha value is -0.450. The number of rotatable bonds is 3. The number of hydrogen-bond donors (Lipinski definition) is 1. The second-order valence-electron chi connectivity index (χ2n) is 4.98. The van der Waals surface area contributed by atoms with Gasteiger partial charge >= 0.3 is 0 Å². The van der Waals surface area contributed by atoms with Gasteiger partial charge in [0, 0.05) is 18.5 Å². The summed E-state index contributed by atoms with van der Waals surface area (Å²) >= 11 is 1.70. The van der Waals surface area contributed by atoms with Crippen LogP contribution in [0.5, 0.6) is 0 Å². The average Bonchev–Trinajstić information content (AvgIpc) is 2.70. The smallest absolute Gasteiger partial charge is 0.125 e. The highest BCUT2D eigenvalue weighted by Gasteiger charge is 2.35. The van der Waals surface area contributed by atoms with E-state index in [0.29, 0.717) is 0 Å². The molecule has 1 aliphatic carbocycles. The molecule has 1 unspecified atom stereocenters. The molecule has 1 aromatic rings. The van der Waals surface area contributed by atoms with Gasteiger partial charge in [0.1, 0.15) is 10.6 Å². The highest BCUT2D eigenvalue weighted by atomic mass is 32.1. The van der Waals surface area contributed by atoms with Crippen molar-refractivity contribution in [3.63, 3.8) is 0 Å². The van der Waals surface area contributed by atoms with E-state index in [1.54, 1.807) is 11.3 Å². The molecule has 0 amide bonds. The Labute approximate surface area is 107 Å². The predicted octanol–water partition coefficient (Wildman–Crippen LogP) is 3.36. The largest absolute Gasteiger partial charge is 0.371 e. The number of ether oxygens (including phenoxy) is 1. The lowest BCUT2D eigenvalue weighted by Crippen LogP contribution is -2.27. The van der Waals surface area contributed by atoms with Crippen LogP contribution in [0.3, 0.4) is 0 Å². The third-order valence-electron chi connectivity index (χ3n) is 3.68. The molecule has 0 radical (unpaired) electrons. The van der Waals surface area contributed by atoms with Crippen LogP contribution in [0.4, 0.5) is 0 Å². The molecule has 0 aliphatic heterocycles. The van der Waals surface area contributed by atoms with E-state index in [4.69, 9.17) is 10.5 Å². The number of hydrogen-bond acceptors (Lipinski definition) is 4. The number of aromatic nitrogens is 1. The molecule has 0 spiro atoms. The molecule has 1 saturated carbocycles. The first-order valence-electron chi connectivity index (χ1n) is 6.44. The molecular weight excluding hydrogens is 232 g/mol. The van der Waals surface area contributed by atoms with Crippen LogP contribution in [0.1, 0.15) is 62.2 Å². The fraction of sp³-hybridized carbons (Fsp3) is 0.769. The van der Waals surface area contributed by atoms with Gasteiger partial charge in [-0.15, -0.1) is 11.3 Å². The molecule has 3 nitrogen and oxygen atoms in total. The molecule has 1 heterocycles. The zero-order valence-corrected chi connectivity index (χ0v) is 11.6. The van der Waals surface area contributed by atoms with Gasteiger partial charge < -0.3 is 10.5 Å². The molecule has 1 aromatic heterocycles. The number of thiazole rings is 1. The number of methoxy groups -OCH3 is 1. The minimum atomic E-state index is -0.145. The second-order valence-corrected chi connectivity index (χ2v) is 5.84. The van der Waals surface area contributed by atoms with Gasteiger partial charge in [0.25, 0.3) is 0 Å². The highest BCUT2D eigenvalue weighted by molar-refractivity contribution is 7.09. The fourth-order valence-corrected chi connectivity index (χ4v) is 3.67. The Morgan fingerprint density at radius 3 is 2.47 bits per heavy atom. The van der Waals surface area contributed by atoms with Crippen LogP contribution in [0.15, 0.2) is 5.38 Å². The Kier molecular flexibility index (Phi) is 4.17. The first kappa shape index (κ1) is 13.0. The SMILES string of the molecule is COC1(c2nc(C(C)N)cs2)CCCCCC1. The molecule has 2 N–H and O–H groups in total. The Morgan fingerprint density at radius 2 is 2.00 bits per heavy atom. The van der Waals surface area contributed by atoms with E-state index in [9.17, 15) is 0 Å². The highest BCUT2D eigenvalue weighted by Crippen LogP contribution is 2.40. The molecule has 17 heavy (non-hydrogen) atoms. The molecular formula is C13H22N2OS. The van der Waals surface area contributed by atoms with E-state index in [2.05, 4.69) is 10.4 Å². The van der Waals surface area contributed by atoms with Crippen LogP contribution in [0.2, 0.25) is 0 Å². The van der Waals surface area contributed by atoms with Crippen molar-refractivity contribution in [3.8, 4) is 0 Å². The van der Waals surface area contributed by atoms with Gasteiger partial charge in [-0.1, -0.05) is 25.7 Å². The summed E-state index contributed by atoms with van der Waals surface area (Å²) in [4.78, 5) is 4.69. The van der Waals surface area contributed by atoms with Gasteiger partial charge in [-0.2, -0.15) is 0 Å². The van der Waals surface area contributed by atoms with Crippen LogP contribution in [0.25, 0.3) is 0 Å². The van der Waals surface area contributed by atoms with E-state index in [1.165, 1.54) is 25.7 Å². The molecule has 0 saturated heterocycles. The van der Waals surface area contributed by atoms with E-state index < -0.39 is 0 Å². The molecule has 4 heteroatoms. The maximum absolute atomic E-state index is 5.88. The van der Waals surface area contributed by atoms with E-state index >= 15 is 0 Å². The summed E-state index contributed by atoms with van der Waals surface area (Å²) in [7, 11) is 1.82. The van der Waals surface area contributed by atoms with Gasteiger partial charge in [-0.25, -0.2) is 4.98 Å². The maximum Gasteiger partial charge on any atom is 0.125 e. The predicted molar refractivity (Wildman–Crippen MR) is 71.1 cm³/mol. The minimum absolute atomic E-state index is 0.0136. The van der Waals surface area contributed by atoms with Crippen molar-refractivity contribution >= 4 is 11.3 Å². The zero-order valence-electron chi connectivity index (χ0n) is 10.7. The molecule has 1 fully saturated rings. The molecule has 0 aromatic carbocycles. The molecule has 1 atom stereocenters. The summed E-state index contributed by atoms with van der Waals surface area (Å²) in [5, 5.41) is 3.19. The van der Waals surface area contributed by atoms with Crippen molar-refractivity contribution in [3.05, 3.63) is 16.1 Å². The Balaban J connectivity index is 2.25. The van der Waals surface area contributed by atoms with Gasteiger partial charge in [-0.05, 0) is 19.8 Å². The first-order chi connectivity index (χ1) is 8.18. The number of nitrogens with zero attached hydrogens (tertiary/aromatic N) is 1. The van der Waals surface area contributed by atoms with Crippen LogP contribution in [0, 0.1) is 0 Å². The monoisotopic (exact) mass is 254 g/mol. The van der Waals surface area contributed by atoms with E-state index in [-0.39, 0.29) is 11.6 Å². The van der Waals surface area contributed by atoms with Crippen LogP contribution >= 0.6 is 11.3 Å². The third-order valence-corrected chi connectivity index (χ3v) is 4.73. The molecule has 2 rings (SSSR count). The topological polar surface area (TPSA) is 48.1 Å². The lowest BCUT2D eigenvalue weighted by Gasteiger charge is -2.29. The molecule has 0 bridgehead atoms. The summed E-state index contributed by atoms with van der Waals surface area (Å²) in [6.07, 6.45) is 7.29. The normalized spacial score (nSPS) is 22.1. The second kappa shape index (κ2) is 5.46. The van der Waals surface area contributed by atoms with Crippen molar-refractivity contribution in [2.45, 2.75) is 57.1 Å². The van der Waals surface area contributed by atoms with Gasteiger partial charge in [0.05, 0.1) is 5.69 Å². The van der Waals surface area contributed by atoms with Gasteiger partial charge in [0.2, 0.25) is 0 Å². The van der Waals surface area contributed by atoms with E-state index in [0.717, 1.165) is 23.5 Å². The van der Waals surface area contributed by atoms with Crippen molar-refractivity contribution in [2.24, 2.45) is 5.73 Å². The molecule has 1 aliphatic rings. The van der Waals surface area contributed by atoms with Crippen molar-refractivity contribution < 1.29 is 4.74 Å². The van der Waals surface area contributed by atoms with Gasteiger partial charge in [-0.3, -0.25) is 0 Å². The Morgan fingerprint density at radius 1 is 1.35 bits per heavy atom. The van der Waals surface area contributed by atoms with E-state index in [1.807, 2.05) is 14.0 Å². The Bertz CT molecular complexity index is 354. The van der Waals surface area contributed by atoms with Crippen molar-refractivity contribution in [2.75, 3.05) is 7.11 Å². The summed E-state index contributed by atoms with van der Waals surface area (Å²) in [5.41, 5.74) is 6.72. The lowest BCUT2D eigenvalue weighted by atomic mass is 9.95. The maximum atomic E-state index is 5.88. The number of nitrogens with two attached hydrogens (primary N) is 1.